The lowest BCUT2D eigenvalue weighted by Crippen LogP contribution is -2.31. The van der Waals surface area contributed by atoms with E-state index in [9.17, 15) is 4.79 Å². The molecule has 0 saturated carbocycles. The maximum absolute atomic E-state index is 10.7. The largest absolute Gasteiger partial charge is 0.468 e. The van der Waals surface area contributed by atoms with E-state index in [1.165, 1.54) is 11.8 Å². The van der Waals surface area contributed by atoms with Crippen LogP contribution in [0.4, 0.5) is 0 Å². The Balaban J connectivity index is 2.15. The van der Waals surface area contributed by atoms with Gasteiger partial charge in [-0.2, -0.15) is 0 Å². The summed E-state index contributed by atoms with van der Waals surface area (Å²) < 4.78 is 5.07. The highest BCUT2D eigenvalue weighted by atomic mass is 32.2. The standard InChI is InChI=1S/C7H10N2O2S/c8-9-7(10)5-12-4-6-2-1-3-11-6/h1-3H,4-5,8H2,(H,9,10). The number of hydrogen-bond donors (Lipinski definition) is 2. The monoisotopic (exact) mass is 186 g/mol. The lowest BCUT2D eigenvalue weighted by Gasteiger charge is -1.97. The van der Waals surface area contributed by atoms with Crippen molar-refractivity contribution in [1.82, 2.24) is 5.43 Å². The molecule has 0 aliphatic rings. The Kier molecular flexibility index (Phi) is 3.69. The number of nitrogens with one attached hydrogen (secondary N) is 1. The van der Waals surface area contributed by atoms with Gasteiger partial charge < -0.3 is 4.42 Å². The molecule has 4 nitrogen and oxygen atoms in total. The fourth-order valence-electron chi connectivity index (χ4n) is 0.681. The Hall–Kier alpha value is -0.940. The van der Waals surface area contributed by atoms with Gasteiger partial charge in [-0.05, 0) is 12.1 Å². The predicted octanol–water partition coefficient (Wildman–Crippen LogP) is 0.503. The summed E-state index contributed by atoms with van der Waals surface area (Å²) in [5.74, 6) is 6.64. The Bertz CT molecular complexity index is 236. The highest BCUT2D eigenvalue weighted by Crippen LogP contribution is 2.11. The third-order valence-corrected chi connectivity index (χ3v) is 2.17. The van der Waals surface area contributed by atoms with Gasteiger partial charge in [0.15, 0.2) is 0 Å². The summed E-state index contributed by atoms with van der Waals surface area (Å²) in [5, 5.41) is 0. The molecule has 66 valence electrons. The molecule has 0 aliphatic heterocycles. The molecule has 0 atom stereocenters. The average Bonchev–Trinajstić information content (AvgIpc) is 2.57. The second-order valence-corrected chi connectivity index (χ2v) is 3.13. The van der Waals surface area contributed by atoms with Crippen molar-refractivity contribution in [3.63, 3.8) is 0 Å². The highest BCUT2D eigenvalue weighted by Gasteiger charge is 2.00. The molecule has 1 rings (SSSR count). The van der Waals surface area contributed by atoms with E-state index in [0.29, 0.717) is 11.5 Å². The van der Waals surface area contributed by atoms with E-state index in [0.717, 1.165) is 5.76 Å². The summed E-state index contributed by atoms with van der Waals surface area (Å²) in [7, 11) is 0. The van der Waals surface area contributed by atoms with Crippen molar-refractivity contribution in [2.24, 2.45) is 5.84 Å². The van der Waals surface area contributed by atoms with Gasteiger partial charge in [0.2, 0.25) is 5.91 Å². The van der Waals surface area contributed by atoms with Gasteiger partial charge in [0, 0.05) is 0 Å². The van der Waals surface area contributed by atoms with Crippen molar-refractivity contribution in [3.05, 3.63) is 24.2 Å². The zero-order valence-electron chi connectivity index (χ0n) is 6.45. The first-order chi connectivity index (χ1) is 5.83. The van der Waals surface area contributed by atoms with Gasteiger partial charge in [0.1, 0.15) is 5.76 Å². The molecular weight excluding hydrogens is 176 g/mol. The highest BCUT2D eigenvalue weighted by molar-refractivity contribution is 7.99. The van der Waals surface area contributed by atoms with Gasteiger partial charge in [-0.1, -0.05) is 0 Å². The molecule has 0 saturated heterocycles. The number of nitrogens with two attached hydrogens (primary N) is 1. The smallest absolute Gasteiger partial charge is 0.243 e. The summed E-state index contributed by atoms with van der Waals surface area (Å²) in [6.45, 7) is 0. The van der Waals surface area contributed by atoms with E-state index in [2.05, 4.69) is 5.43 Å². The lowest BCUT2D eigenvalue weighted by molar-refractivity contribution is -0.118. The van der Waals surface area contributed by atoms with Crippen LogP contribution in [-0.4, -0.2) is 11.7 Å². The van der Waals surface area contributed by atoms with E-state index in [1.807, 2.05) is 12.1 Å². The number of carbonyl (C=O) groups excluding carboxylic acids is 1. The van der Waals surface area contributed by atoms with Crippen LogP contribution in [0.15, 0.2) is 22.8 Å². The third kappa shape index (κ3) is 2.98. The van der Waals surface area contributed by atoms with Gasteiger partial charge >= 0.3 is 0 Å². The molecular formula is C7H10N2O2S. The molecule has 1 aromatic rings. The molecule has 12 heavy (non-hydrogen) atoms. The fourth-order valence-corrected chi connectivity index (χ4v) is 1.42. The topological polar surface area (TPSA) is 68.3 Å². The number of hydrazine groups is 1. The molecule has 0 aromatic carbocycles. The maximum atomic E-state index is 10.7. The van der Waals surface area contributed by atoms with Gasteiger partial charge in [0.05, 0.1) is 17.8 Å². The molecule has 3 N–H and O–H groups in total. The van der Waals surface area contributed by atoms with Crippen LogP contribution in [0.5, 0.6) is 0 Å². The second-order valence-electron chi connectivity index (χ2n) is 2.14. The number of thioether (sulfide) groups is 1. The molecule has 5 heteroatoms. The van der Waals surface area contributed by atoms with Crippen LogP contribution in [-0.2, 0) is 10.5 Å². The summed E-state index contributed by atoms with van der Waals surface area (Å²) >= 11 is 1.46. The van der Waals surface area contributed by atoms with Crippen molar-refractivity contribution >= 4 is 17.7 Å². The van der Waals surface area contributed by atoms with Gasteiger partial charge in [-0.15, -0.1) is 11.8 Å². The van der Waals surface area contributed by atoms with Crippen molar-refractivity contribution in [3.8, 4) is 0 Å². The van der Waals surface area contributed by atoms with Crippen LogP contribution >= 0.6 is 11.8 Å². The zero-order valence-corrected chi connectivity index (χ0v) is 7.26. The molecule has 1 amide bonds. The average molecular weight is 186 g/mol. The maximum Gasteiger partial charge on any atom is 0.243 e. The molecule has 0 fully saturated rings. The van der Waals surface area contributed by atoms with E-state index < -0.39 is 0 Å². The lowest BCUT2D eigenvalue weighted by atomic mass is 10.5. The fraction of sp³-hybridized carbons (Fsp3) is 0.286. The molecule has 0 radical (unpaired) electrons. The minimum Gasteiger partial charge on any atom is -0.468 e. The van der Waals surface area contributed by atoms with Gasteiger partial charge in [0.25, 0.3) is 0 Å². The Morgan fingerprint density at radius 1 is 1.75 bits per heavy atom. The summed E-state index contributed by atoms with van der Waals surface area (Å²) in [6.07, 6.45) is 1.61. The predicted molar refractivity (Wildman–Crippen MR) is 47.2 cm³/mol. The number of carbonyl (C=O) groups is 1. The molecule has 0 unspecified atom stereocenters. The van der Waals surface area contributed by atoms with Crippen LogP contribution in [0.25, 0.3) is 0 Å². The van der Waals surface area contributed by atoms with E-state index in [4.69, 9.17) is 10.3 Å². The molecule has 1 heterocycles. The SMILES string of the molecule is NNC(=O)CSCc1ccco1. The van der Waals surface area contributed by atoms with Crippen LogP contribution in [0.3, 0.4) is 0 Å². The van der Waals surface area contributed by atoms with Crippen molar-refractivity contribution < 1.29 is 9.21 Å². The van der Waals surface area contributed by atoms with Crippen molar-refractivity contribution in [2.45, 2.75) is 5.75 Å². The quantitative estimate of drug-likeness (QED) is 0.408. The zero-order chi connectivity index (χ0) is 8.81. The van der Waals surface area contributed by atoms with Crippen molar-refractivity contribution in [2.75, 3.05) is 5.75 Å². The molecule has 0 spiro atoms. The Morgan fingerprint density at radius 2 is 2.58 bits per heavy atom. The molecule has 1 aromatic heterocycles. The van der Waals surface area contributed by atoms with Crippen molar-refractivity contribution in [1.29, 1.82) is 0 Å². The number of hydrogen-bond acceptors (Lipinski definition) is 4. The number of furan rings is 1. The summed E-state index contributed by atoms with van der Waals surface area (Å²) in [6, 6.07) is 3.69. The van der Waals surface area contributed by atoms with E-state index in [1.54, 1.807) is 6.26 Å². The van der Waals surface area contributed by atoms with Crippen LogP contribution < -0.4 is 11.3 Å². The van der Waals surface area contributed by atoms with Crippen LogP contribution in [0, 0.1) is 0 Å². The van der Waals surface area contributed by atoms with E-state index >= 15 is 0 Å². The Morgan fingerprint density at radius 3 is 3.17 bits per heavy atom. The van der Waals surface area contributed by atoms with E-state index in [-0.39, 0.29) is 5.91 Å². The number of rotatable bonds is 4. The van der Waals surface area contributed by atoms with Gasteiger partial charge in [-0.3, -0.25) is 10.2 Å². The van der Waals surface area contributed by atoms with Crippen LogP contribution in [0.1, 0.15) is 5.76 Å². The van der Waals surface area contributed by atoms with Gasteiger partial charge in [-0.25, -0.2) is 5.84 Å². The summed E-state index contributed by atoms with van der Waals surface area (Å²) in [4.78, 5) is 10.7. The normalized spacial score (nSPS) is 9.75. The first-order valence-corrected chi connectivity index (χ1v) is 4.58. The third-order valence-electron chi connectivity index (χ3n) is 1.22. The first-order valence-electron chi connectivity index (χ1n) is 3.42. The second kappa shape index (κ2) is 4.84. The first kappa shape index (κ1) is 9.15. The van der Waals surface area contributed by atoms with Crippen LogP contribution in [0.2, 0.25) is 0 Å². The summed E-state index contributed by atoms with van der Waals surface area (Å²) in [5.41, 5.74) is 2.05. The minimum atomic E-state index is -0.174. The number of amides is 1. The minimum absolute atomic E-state index is 0.174. The molecule has 0 aliphatic carbocycles. The Labute approximate surface area is 74.5 Å². The molecule has 0 bridgehead atoms.